The Labute approximate surface area is 200 Å². The fourth-order valence-electron chi connectivity index (χ4n) is 5.35. The van der Waals surface area contributed by atoms with Crippen molar-refractivity contribution in [3.05, 3.63) is 89.0 Å². The van der Waals surface area contributed by atoms with Crippen molar-refractivity contribution >= 4 is 11.6 Å². The van der Waals surface area contributed by atoms with Gasteiger partial charge in [0.05, 0.1) is 32.4 Å². The summed E-state index contributed by atoms with van der Waals surface area (Å²) in [6, 6.07) is 21.0. The third-order valence-corrected chi connectivity index (χ3v) is 7.14. The van der Waals surface area contributed by atoms with Crippen molar-refractivity contribution in [2.45, 2.75) is 38.1 Å². The molecule has 0 aliphatic carbocycles. The van der Waals surface area contributed by atoms with E-state index < -0.39 is 12.1 Å². The summed E-state index contributed by atoms with van der Waals surface area (Å²) in [6.07, 6.45) is 0.216. The van der Waals surface area contributed by atoms with Crippen LogP contribution in [0, 0.1) is 0 Å². The van der Waals surface area contributed by atoms with E-state index in [1.54, 1.807) is 37.3 Å². The van der Waals surface area contributed by atoms with Crippen LogP contribution in [0.2, 0.25) is 0 Å². The Balaban J connectivity index is 1.52. The SMILES string of the molecule is COc1ccc(C(=O)N2c3ccccc3C(N3CCc4ccccc4C3)C(O)C2C)cc1OC. The number of carbonyl (C=O) groups is 1. The molecule has 1 amide bonds. The Hall–Kier alpha value is -3.35. The molecule has 2 aliphatic rings. The van der Waals surface area contributed by atoms with Crippen molar-refractivity contribution in [2.75, 3.05) is 25.7 Å². The molecule has 0 spiro atoms. The molecule has 176 valence electrons. The van der Waals surface area contributed by atoms with Crippen molar-refractivity contribution in [1.82, 2.24) is 4.90 Å². The Bertz CT molecular complexity index is 1210. The molecule has 34 heavy (non-hydrogen) atoms. The Morgan fingerprint density at radius 3 is 2.41 bits per heavy atom. The number of anilines is 1. The molecular weight excluding hydrogens is 428 g/mol. The van der Waals surface area contributed by atoms with Gasteiger partial charge in [0, 0.05) is 24.3 Å². The van der Waals surface area contributed by atoms with Crippen LogP contribution < -0.4 is 14.4 Å². The molecule has 0 fully saturated rings. The monoisotopic (exact) mass is 458 g/mol. The van der Waals surface area contributed by atoms with Gasteiger partial charge in [-0.1, -0.05) is 42.5 Å². The lowest BCUT2D eigenvalue weighted by Crippen LogP contribution is -2.55. The summed E-state index contributed by atoms with van der Waals surface area (Å²) < 4.78 is 10.7. The van der Waals surface area contributed by atoms with E-state index in [9.17, 15) is 9.90 Å². The standard InChI is InChI=1S/C28H30N2O4/c1-18-27(31)26(29-15-14-19-8-4-5-9-21(19)17-29)22-10-6-7-11-23(22)30(18)28(32)20-12-13-24(33-2)25(16-20)34-3/h4-13,16,18,26-27,31H,14-15,17H2,1-3H3. The summed E-state index contributed by atoms with van der Waals surface area (Å²) in [6.45, 7) is 3.57. The highest BCUT2D eigenvalue weighted by atomic mass is 16.5. The third-order valence-electron chi connectivity index (χ3n) is 7.14. The fraction of sp³-hybridized carbons (Fsp3) is 0.321. The maximum Gasteiger partial charge on any atom is 0.258 e. The molecule has 0 saturated heterocycles. The van der Waals surface area contributed by atoms with E-state index in [4.69, 9.17) is 9.47 Å². The minimum Gasteiger partial charge on any atom is -0.493 e. The maximum absolute atomic E-state index is 13.7. The number of para-hydroxylation sites is 1. The highest BCUT2D eigenvalue weighted by Crippen LogP contribution is 2.43. The van der Waals surface area contributed by atoms with Crippen molar-refractivity contribution < 1.29 is 19.4 Å². The van der Waals surface area contributed by atoms with Crippen LogP contribution in [0.4, 0.5) is 5.69 Å². The summed E-state index contributed by atoms with van der Waals surface area (Å²) >= 11 is 0. The van der Waals surface area contributed by atoms with Crippen LogP contribution in [0.3, 0.4) is 0 Å². The van der Waals surface area contributed by atoms with Gasteiger partial charge in [-0.15, -0.1) is 0 Å². The molecule has 2 heterocycles. The highest BCUT2D eigenvalue weighted by Gasteiger charge is 2.43. The minimum absolute atomic E-state index is 0.178. The van der Waals surface area contributed by atoms with Crippen LogP contribution in [0.5, 0.6) is 11.5 Å². The first-order valence-electron chi connectivity index (χ1n) is 11.7. The van der Waals surface area contributed by atoms with Gasteiger partial charge < -0.3 is 19.5 Å². The molecule has 5 rings (SSSR count). The highest BCUT2D eigenvalue weighted by molar-refractivity contribution is 6.07. The van der Waals surface area contributed by atoms with Crippen LogP contribution in [0.25, 0.3) is 0 Å². The predicted octanol–water partition coefficient (Wildman–Crippen LogP) is 4.21. The molecule has 2 aliphatic heterocycles. The van der Waals surface area contributed by atoms with Gasteiger partial charge in [0.1, 0.15) is 0 Å². The number of nitrogens with zero attached hydrogens (tertiary/aromatic N) is 2. The van der Waals surface area contributed by atoms with E-state index in [2.05, 4.69) is 29.2 Å². The number of aliphatic hydroxyl groups excluding tert-OH is 1. The van der Waals surface area contributed by atoms with Gasteiger partial charge in [0.25, 0.3) is 5.91 Å². The zero-order chi connectivity index (χ0) is 23.8. The molecule has 0 saturated carbocycles. The van der Waals surface area contributed by atoms with Crippen LogP contribution >= 0.6 is 0 Å². The molecule has 3 aromatic carbocycles. The van der Waals surface area contributed by atoms with Crippen LogP contribution in [-0.2, 0) is 13.0 Å². The van der Waals surface area contributed by atoms with Crippen LogP contribution in [-0.4, -0.2) is 48.8 Å². The Morgan fingerprint density at radius 1 is 0.941 bits per heavy atom. The summed E-state index contributed by atoms with van der Waals surface area (Å²) in [7, 11) is 3.12. The average Bonchev–Trinajstić information content (AvgIpc) is 2.88. The second kappa shape index (κ2) is 9.12. The summed E-state index contributed by atoms with van der Waals surface area (Å²) in [4.78, 5) is 17.8. The van der Waals surface area contributed by atoms with E-state index in [0.717, 1.165) is 30.8 Å². The lowest BCUT2D eigenvalue weighted by Gasteiger charge is -2.47. The second-order valence-electron chi connectivity index (χ2n) is 8.97. The van der Waals surface area contributed by atoms with Gasteiger partial charge in [-0.05, 0) is 54.3 Å². The molecular formula is C28H30N2O4. The Kier molecular flexibility index (Phi) is 6.02. The van der Waals surface area contributed by atoms with Crippen molar-refractivity contribution in [1.29, 1.82) is 0 Å². The number of hydrogen-bond donors (Lipinski definition) is 1. The van der Waals surface area contributed by atoms with E-state index in [1.807, 2.05) is 31.2 Å². The van der Waals surface area contributed by atoms with E-state index >= 15 is 0 Å². The molecule has 0 radical (unpaired) electrons. The van der Waals surface area contributed by atoms with Gasteiger partial charge in [-0.25, -0.2) is 0 Å². The molecule has 1 N–H and O–H groups in total. The van der Waals surface area contributed by atoms with Crippen LogP contribution in [0.15, 0.2) is 66.7 Å². The number of aliphatic hydroxyl groups is 1. The molecule has 6 heteroatoms. The molecule has 0 aromatic heterocycles. The first kappa shape index (κ1) is 22.4. The van der Waals surface area contributed by atoms with Crippen molar-refractivity contribution in [3.63, 3.8) is 0 Å². The third kappa shape index (κ3) is 3.73. The van der Waals surface area contributed by atoms with Gasteiger partial charge in [-0.3, -0.25) is 9.69 Å². The van der Waals surface area contributed by atoms with Gasteiger partial charge in [0.15, 0.2) is 11.5 Å². The zero-order valence-electron chi connectivity index (χ0n) is 19.8. The number of carbonyl (C=O) groups excluding carboxylic acids is 1. The predicted molar refractivity (Wildman–Crippen MR) is 132 cm³/mol. The number of rotatable bonds is 4. The summed E-state index contributed by atoms with van der Waals surface area (Å²) in [5.74, 6) is 0.885. The van der Waals surface area contributed by atoms with Gasteiger partial charge in [0.2, 0.25) is 0 Å². The number of benzene rings is 3. The number of amides is 1. The topological polar surface area (TPSA) is 62.2 Å². The molecule has 3 aromatic rings. The largest absolute Gasteiger partial charge is 0.493 e. The summed E-state index contributed by atoms with van der Waals surface area (Å²) in [5, 5.41) is 11.6. The van der Waals surface area contributed by atoms with E-state index in [1.165, 1.54) is 11.1 Å². The Morgan fingerprint density at radius 2 is 1.65 bits per heavy atom. The molecule has 3 atom stereocenters. The normalized spacial score (nSPS) is 22.0. The smallest absolute Gasteiger partial charge is 0.258 e. The fourth-order valence-corrected chi connectivity index (χ4v) is 5.35. The van der Waals surface area contributed by atoms with E-state index in [0.29, 0.717) is 17.1 Å². The average molecular weight is 459 g/mol. The first-order valence-corrected chi connectivity index (χ1v) is 11.7. The summed E-state index contributed by atoms with van der Waals surface area (Å²) in [5.41, 5.74) is 4.97. The van der Waals surface area contributed by atoms with Crippen LogP contribution in [0.1, 0.15) is 40.0 Å². The minimum atomic E-state index is -0.732. The number of ether oxygens (including phenoxy) is 2. The van der Waals surface area contributed by atoms with Crippen molar-refractivity contribution in [3.8, 4) is 11.5 Å². The quantitative estimate of drug-likeness (QED) is 0.635. The maximum atomic E-state index is 13.7. The molecule has 3 unspecified atom stereocenters. The van der Waals surface area contributed by atoms with Gasteiger partial charge in [-0.2, -0.15) is 0 Å². The lowest BCUT2D eigenvalue weighted by atomic mass is 9.85. The zero-order valence-corrected chi connectivity index (χ0v) is 19.8. The van der Waals surface area contributed by atoms with Crippen molar-refractivity contribution in [2.24, 2.45) is 0 Å². The molecule has 6 nitrogen and oxygen atoms in total. The van der Waals surface area contributed by atoms with E-state index in [-0.39, 0.29) is 11.9 Å². The number of hydrogen-bond acceptors (Lipinski definition) is 5. The van der Waals surface area contributed by atoms with Gasteiger partial charge >= 0.3 is 0 Å². The molecule has 0 bridgehead atoms. The number of fused-ring (bicyclic) bond motifs is 2. The first-order chi connectivity index (χ1) is 16.5. The number of methoxy groups -OCH3 is 2. The lowest BCUT2D eigenvalue weighted by molar-refractivity contribution is 0.0195. The second-order valence-corrected chi connectivity index (χ2v) is 8.97.